The average Bonchev–Trinajstić information content (AvgIpc) is 3.27. The van der Waals surface area contributed by atoms with Crippen LogP contribution >= 0.6 is 0 Å². The molecule has 7 nitrogen and oxygen atoms in total. The number of benzene rings is 3. The molecule has 1 saturated heterocycles. The summed E-state index contributed by atoms with van der Waals surface area (Å²) >= 11 is 0. The molecule has 7 heteroatoms. The summed E-state index contributed by atoms with van der Waals surface area (Å²) in [6.07, 6.45) is 2.72. The molecule has 0 N–H and O–H groups in total. The number of hydrogen-bond acceptors (Lipinski definition) is 5. The third-order valence-corrected chi connectivity index (χ3v) is 6.69. The number of nitrogens with zero attached hydrogens (tertiary/aromatic N) is 5. The van der Waals surface area contributed by atoms with Gasteiger partial charge in [0.05, 0.1) is 30.0 Å². The van der Waals surface area contributed by atoms with Crippen molar-refractivity contribution in [1.82, 2.24) is 19.6 Å². The molecule has 1 aliphatic heterocycles. The summed E-state index contributed by atoms with van der Waals surface area (Å²) in [6, 6.07) is 27.4. The summed E-state index contributed by atoms with van der Waals surface area (Å²) in [6.45, 7) is 3.81. The van der Waals surface area contributed by atoms with Crippen molar-refractivity contribution in [3.05, 3.63) is 102 Å². The number of hydrogen-bond donors (Lipinski definition) is 0. The fraction of sp³-hybridized carbons (Fsp3) is 0.233. The van der Waals surface area contributed by atoms with Gasteiger partial charge in [-0.3, -0.25) is 9.69 Å². The van der Waals surface area contributed by atoms with E-state index in [1.807, 2.05) is 90.0 Å². The highest BCUT2D eigenvalue weighted by Gasteiger charge is 2.26. The summed E-state index contributed by atoms with van der Waals surface area (Å²) in [5, 5.41) is 13.9. The number of amides is 1. The van der Waals surface area contributed by atoms with E-state index in [0.29, 0.717) is 35.7 Å². The van der Waals surface area contributed by atoms with Crippen LogP contribution in [0, 0.1) is 11.3 Å². The third kappa shape index (κ3) is 5.40. The normalized spacial score (nSPS) is 14.1. The van der Waals surface area contributed by atoms with E-state index < -0.39 is 0 Å². The van der Waals surface area contributed by atoms with Gasteiger partial charge in [-0.2, -0.15) is 10.4 Å². The smallest absolute Gasteiger partial charge is 0.257 e. The molecule has 0 unspecified atom stereocenters. The molecule has 1 aliphatic rings. The number of aromatic nitrogens is 2. The van der Waals surface area contributed by atoms with Gasteiger partial charge in [0, 0.05) is 44.5 Å². The van der Waals surface area contributed by atoms with Crippen molar-refractivity contribution in [2.24, 2.45) is 0 Å². The summed E-state index contributed by atoms with van der Waals surface area (Å²) < 4.78 is 7.37. The Morgan fingerprint density at radius 1 is 0.946 bits per heavy atom. The molecule has 0 spiro atoms. The second-order valence-electron chi connectivity index (χ2n) is 9.10. The number of carbonyl (C=O) groups is 1. The Morgan fingerprint density at radius 3 is 2.46 bits per heavy atom. The van der Waals surface area contributed by atoms with Crippen molar-refractivity contribution in [2.45, 2.75) is 13.0 Å². The maximum atomic E-state index is 13.9. The SMILES string of the molecule is COc1ccccc1-c1nn(-c2ccccc2)cc1C(=O)N1CCCN(Cc2ccc(C#N)cc2)CC1. The first-order chi connectivity index (χ1) is 18.2. The second-order valence-corrected chi connectivity index (χ2v) is 9.10. The number of para-hydroxylation sites is 2. The van der Waals surface area contributed by atoms with Crippen LogP contribution in [0.1, 0.15) is 27.9 Å². The Bertz CT molecular complexity index is 1410. The Balaban J connectivity index is 1.39. The first kappa shape index (κ1) is 24.3. The standard InChI is InChI=1S/C30H29N5O2/c1-37-28-11-6-5-10-26(28)29-27(22-35(32-29)25-8-3-2-4-9-25)30(36)34-17-7-16-33(18-19-34)21-24-14-12-23(20-31)13-15-24/h2-6,8-15,22H,7,16-19,21H2,1H3. The van der Waals surface area contributed by atoms with Crippen molar-refractivity contribution in [2.75, 3.05) is 33.3 Å². The van der Waals surface area contributed by atoms with Gasteiger partial charge in [0.2, 0.25) is 0 Å². The van der Waals surface area contributed by atoms with Crippen molar-refractivity contribution in [3.63, 3.8) is 0 Å². The van der Waals surface area contributed by atoms with E-state index >= 15 is 0 Å². The lowest BCUT2D eigenvalue weighted by Gasteiger charge is -2.22. The number of methoxy groups -OCH3 is 1. The third-order valence-electron chi connectivity index (χ3n) is 6.69. The number of carbonyl (C=O) groups excluding carboxylic acids is 1. The van der Waals surface area contributed by atoms with E-state index in [9.17, 15) is 4.79 Å². The van der Waals surface area contributed by atoms with E-state index in [-0.39, 0.29) is 5.91 Å². The van der Waals surface area contributed by atoms with Gasteiger partial charge < -0.3 is 9.64 Å². The summed E-state index contributed by atoms with van der Waals surface area (Å²) in [5.41, 5.74) is 4.70. The van der Waals surface area contributed by atoms with Crippen LogP contribution in [0.5, 0.6) is 5.75 Å². The fourth-order valence-electron chi connectivity index (χ4n) is 4.73. The lowest BCUT2D eigenvalue weighted by atomic mass is 10.1. The van der Waals surface area contributed by atoms with Crippen LogP contribution < -0.4 is 4.74 Å². The Labute approximate surface area is 217 Å². The zero-order chi connectivity index (χ0) is 25.6. The fourth-order valence-corrected chi connectivity index (χ4v) is 4.73. The molecule has 0 atom stereocenters. The van der Waals surface area contributed by atoms with Crippen LogP contribution in [-0.2, 0) is 6.54 Å². The quantitative estimate of drug-likeness (QED) is 0.389. The molecule has 186 valence electrons. The molecule has 0 saturated carbocycles. The molecule has 3 aromatic carbocycles. The van der Waals surface area contributed by atoms with Crippen LogP contribution in [0.4, 0.5) is 0 Å². The molecule has 1 fully saturated rings. The minimum atomic E-state index is -0.0247. The Hall–Kier alpha value is -4.41. The first-order valence-corrected chi connectivity index (χ1v) is 12.5. The van der Waals surface area contributed by atoms with E-state index in [2.05, 4.69) is 11.0 Å². The monoisotopic (exact) mass is 491 g/mol. The highest BCUT2D eigenvalue weighted by molar-refractivity contribution is 6.00. The maximum Gasteiger partial charge on any atom is 0.257 e. The predicted molar refractivity (Wildman–Crippen MR) is 143 cm³/mol. The van der Waals surface area contributed by atoms with Crippen molar-refractivity contribution >= 4 is 5.91 Å². The van der Waals surface area contributed by atoms with Gasteiger partial charge in [0.25, 0.3) is 5.91 Å². The Kier molecular flexibility index (Phi) is 7.29. The van der Waals surface area contributed by atoms with Crippen LogP contribution in [0.2, 0.25) is 0 Å². The topological polar surface area (TPSA) is 74.4 Å². The number of rotatable bonds is 6. The highest BCUT2D eigenvalue weighted by atomic mass is 16.5. The van der Waals surface area contributed by atoms with E-state index in [0.717, 1.165) is 37.3 Å². The van der Waals surface area contributed by atoms with Crippen LogP contribution in [-0.4, -0.2) is 58.8 Å². The summed E-state index contributed by atoms with van der Waals surface area (Å²) in [5.74, 6) is 0.655. The molecule has 5 rings (SSSR count). The van der Waals surface area contributed by atoms with Crippen molar-refractivity contribution in [3.8, 4) is 28.8 Å². The van der Waals surface area contributed by atoms with Gasteiger partial charge in [-0.05, 0) is 48.4 Å². The second kappa shape index (κ2) is 11.1. The zero-order valence-corrected chi connectivity index (χ0v) is 20.9. The lowest BCUT2D eigenvalue weighted by molar-refractivity contribution is 0.0762. The van der Waals surface area contributed by atoms with Gasteiger partial charge >= 0.3 is 0 Å². The lowest BCUT2D eigenvalue weighted by Crippen LogP contribution is -2.35. The summed E-state index contributed by atoms with van der Waals surface area (Å²) in [4.78, 5) is 18.2. The number of ether oxygens (including phenoxy) is 1. The minimum absolute atomic E-state index is 0.0247. The van der Waals surface area contributed by atoms with Crippen LogP contribution in [0.3, 0.4) is 0 Å². The molecular weight excluding hydrogens is 462 g/mol. The van der Waals surface area contributed by atoms with Gasteiger partial charge in [0.15, 0.2) is 0 Å². The molecule has 0 radical (unpaired) electrons. The molecular formula is C30H29N5O2. The largest absolute Gasteiger partial charge is 0.496 e. The molecule has 0 bridgehead atoms. The Morgan fingerprint density at radius 2 is 1.70 bits per heavy atom. The van der Waals surface area contributed by atoms with Gasteiger partial charge in [0.1, 0.15) is 11.4 Å². The van der Waals surface area contributed by atoms with Crippen molar-refractivity contribution in [1.29, 1.82) is 5.26 Å². The molecule has 1 amide bonds. The van der Waals surface area contributed by atoms with E-state index in [1.54, 1.807) is 11.8 Å². The molecule has 2 heterocycles. The van der Waals surface area contributed by atoms with E-state index in [1.165, 1.54) is 5.56 Å². The highest BCUT2D eigenvalue weighted by Crippen LogP contribution is 2.32. The van der Waals surface area contributed by atoms with Crippen molar-refractivity contribution < 1.29 is 9.53 Å². The first-order valence-electron chi connectivity index (χ1n) is 12.5. The zero-order valence-electron chi connectivity index (χ0n) is 20.9. The summed E-state index contributed by atoms with van der Waals surface area (Å²) in [7, 11) is 1.63. The van der Waals surface area contributed by atoms with E-state index in [4.69, 9.17) is 15.1 Å². The maximum absolute atomic E-state index is 13.9. The number of nitriles is 1. The molecule has 4 aromatic rings. The average molecular weight is 492 g/mol. The van der Waals surface area contributed by atoms with Gasteiger partial charge in [-0.1, -0.05) is 42.5 Å². The van der Waals surface area contributed by atoms with Crippen LogP contribution in [0.15, 0.2) is 85.1 Å². The molecule has 0 aliphatic carbocycles. The van der Waals surface area contributed by atoms with Crippen LogP contribution in [0.25, 0.3) is 16.9 Å². The van der Waals surface area contributed by atoms with Gasteiger partial charge in [-0.25, -0.2) is 4.68 Å². The molecule has 1 aromatic heterocycles. The van der Waals surface area contributed by atoms with Gasteiger partial charge in [-0.15, -0.1) is 0 Å². The predicted octanol–water partition coefficient (Wildman–Crippen LogP) is 4.77. The minimum Gasteiger partial charge on any atom is -0.496 e. The molecule has 37 heavy (non-hydrogen) atoms.